The highest BCUT2D eigenvalue weighted by atomic mass is 32.1. The van der Waals surface area contributed by atoms with Gasteiger partial charge in [-0.3, -0.25) is 0 Å². The van der Waals surface area contributed by atoms with Crippen LogP contribution < -0.4 is 5.32 Å². The number of aryl methyl sites for hydroxylation is 1. The molecule has 16 heavy (non-hydrogen) atoms. The normalized spacial score (nSPS) is 18.0. The topological polar surface area (TPSA) is 28.2 Å². The standard InChI is InChI=1S/C12H21N3S/c1-9-8-14-12(16-9)11(10-4-5-10)13-6-7-15(2)3/h8,10-11,13H,4-7H2,1-3H3. The molecular weight excluding hydrogens is 218 g/mol. The summed E-state index contributed by atoms with van der Waals surface area (Å²) in [7, 11) is 4.22. The first-order chi connectivity index (χ1) is 7.66. The third-order valence-corrected chi connectivity index (χ3v) is 3.92. The van der Waals surface area contributed by atoms with Gasteiger partial charge >= 0.3 is 0 Å². The van der Waals surface area contributed by atoms with Gasteiger partial charge in [0.2, 0.25) is 0 Å². The second-order valence-electron chi connectivity index (χ2n) is 4.88. The van der Waals surface area contributed by atoms with E-state index in [9.17, 15) is 0 Å². The lowest BCUT2D eigenvalue weighted by atomic mass is 10.2. The summed E-state index contributed by atoms with van der Waals surface area (Å²) in [5.41, 5.74) is 0. The Bertz CT molecular complexity index is 331. The van der Waals surface area contributed by atoms with Crippen LogP contribution in [-0.2, 0) is 0 Å². The van der Waals surface area contributed by atoms with E-state index < -0.39 is 0 Å². The van der Waals surface area contributed by atoms with E-state index in [-0.39, 0.29) is 0 Å². The molecule has 1 aliphatic rings. The number of aromatic nitrogens is 1. The van der Waals surface area contributed by atoms with Gasteiger partial charge in [0.15, 0.2) is 0 Å². The summed E-state index contributed by atoms with van der Waals surface area (Å²) >= 11 is 1.84. The van der Waals surface area contributed by atoms with Gasteiger partial charge in [0, 0.05) is 24.2 Å². The largest absolute Gasteiger partial charge is 0.308 e. The van der Waals surface area contributed by atoms with Gasteiger partial charge in [-0.15, -0.1) is 11.3 Å². The van der Waals surface area contributed by atoms with Crippen molar-refractivity contribution in [2.45, 2.75) is 25.8 Å². The van der Waals surface area contributed by atoms with Crippen molar-refractivity contribution in [1.29, 1.82) is 0 Å². The zero-order valence-corrected chi connectivity index (χ0v) is 11.2. The quantitative estimate of drug-likeness (QED) is 0.823. The van der Waals surface area contributed by atoms with Crippen LogP contribution in [0.15, 0.2) is 6.20 Å². The van der Waals surface area contributed by atoms with Crippen LogP contribution in [0.25, 0.3) is 0 Å². The summed E-state index contributed by atoms with van der Waals surface area (Å²) in [6.45, 7) is 4.27. The molecule has 1 fully saturated rings. The second-order valence-corrected chi connectivity index (χ2v) is 6.15. The molecule has 0 bridgehead atoms. The molecule has 0 aromatic carbocycles. The Balaban J connectivity index is 1.90. The van der Waals surface area contributed by atoms with E-state index in [4.69, 9.17) is 0 Å². The predicted molar refractivity (Wildman–Crippen MR) is 68.9 cm³/mol. The maximum Gasteiger partial charge on any atom is 0.110 e. The molecule has 0 spiro atoms. The van der Waals surface area contributed by atoms with Crippen LogP contribution in [-0.4, -0.2) is 37.1 Å². The highest BCUT2D eigenvalue weighted by Crippen LogP contribution is 2.41. The average Bonchev–Trinajstić information content (AvgIpc) is 2.96. The molecule has 90 valence electrons. The van der Waals surface area contributed by atoms with Crippen molar-refractivity contribution >= 4 is 11.3 Å². The summed E-state index contributed by atoms with van der Waals surface area (Å²) < 4.78 is 0. The minimum atomic E-state index is 0.499. The molecule has 4 heteroatoms. The lowest BCUT2D eigenvalue weighted by Crippen LogP contribution is -2.30. The molecule has 1 aromatic rings. The fourth-order valence-electron chi connectivity index (χ4n) is 1.84. The smallest absolute Gasteiger partial charge is 0.110 e. The fourth-order valence-corrected chi connectivity index (χ4v) is 2.79. The maximum absolute atomic E-state index is 4.52. The van der Waals surface area contributed by atoms with Crippen molar-refractivity contribution in [2.75, 3.05) is 27.2 Å². The van der Waals surface area contributed by atoms with Crippen molar-refractivity contribution in [3.63, 3.8) is 0 Å². The van der Waals surface area contributed by atoms with Crippen LogP contribution in [0.2, 0.25) is 0 Å². The van der Waals surface area contributed by atoms with E-state index in [0.717, 1.165) is 19.0 Å². The van der Waals surface area contributed by atoms with Gasteiger partial charge in [-0.1, -0.05) is 0 Å². The van der Waals surface area contributed by atoms with E-state index in [1.54, 1.807) is 0 Å². The Morgan fingerprint density at radius 1 is 1.56 bits per heavy atom. The third-order valence-electron chi connectivity index (χ3n) is 2.92. The minimum Gasteiger partial charge on any atom is -0.308 e. The van der Waals surface area contributed by atoms with Crippen LogP contribution in [0.3, 0.4) is 0 Å². The Kier molecular flexibility index (Phi) is 3.95. The molecule has 0 radical (unpaired) electrons. The van der Waals surface area contributed by atoms with Crippen molar-refractivity contribution in [2.24, 2.45) is 5.92 Å². The first kappa shape index (κ1) is 12.0. The summed E-state index contributed by atoms with van der Waals surface area (Å²) in [6.07, 6.45) is 4.71. The Morgan fingerprint density at radius 2 is 2.31 bits per heavy atom. The van der Waals surface area contributed by atoms with Crippen LogP contribution in [0.5, 0.6) is 0 Å². The van der Waals surface area contributed by atoms with Gasteiger partial charge in [0.05, 0.1) is 6.04 Å². The first-order valence-corrected chi connectivity index (χ1v) is 6.79. The van der Waals surface area contributed by atoms with Gasteiger partial charge in [-0.05, 0) is 39.8 Å². The van der Waals surface area contributed by atoms with Gasteiger partial charge in [0.1, 0.15) is 5.01 Å². The van der Waals surface area contributed by atoms with Gasteiger partial charge < -0.3 is 10.2 Å². The number of nitrogens with one attached hydrogen (secondary N) is 1. The van der Waals surface area contributed by atoms with Crippen molar-refractivity contribution in [1.82, 2.24) is 15.2 Å². The molecule has 0 aliphatic heterocycles. The number of hydrogen-bond acceptors (Lipinski definition) is 4. The lowest BCUT2D eigenvalue weighted by Gasteiger charge is -2.17. The summed E-state index contributed by atoms with van der Waals surface area (Å²) in [6, 6.07) is 0.499. The third kappa shape index (κ3) is 3.27. The zero-order chi connectivity index (χ0) is 11.5. The summed E-state index contributed by atoms with van der Waals surface area (Å²) in [5.74, 6) is 0.827. The maximum atomic E-state index is 4.52. The van der Waals surface area contributed by atoms with Crippen LogP contribution in [0.1, 0.15) is 28.8 Å². The van der Waals surface area contributed by atoms with Crippen LogP contribution >= 0.6 is 11.3 Å². The molecule has 1 aromatic heterocycles. The van der Waals surface area contributed by atoms with E-state index in [0.29, 0.717) is 6.04 Å². The average molecular weight is 239 g/mol. The number of rotatable bonds is 6. The molecule has 1 atom stereocenters. The van der Waals surface area contributed by atoms with Crippen LogP contribution in [0.4, 0.5) is 0 Å². The number of nitrogens with zero attached hydrogens (tertiary/aromatic N) is 2. The van der Waals surface area contributed by atoms with E-state index in [2.05, 4.69) is 36.2 Å². The van der Waals surface area contributed by atoms with E-state index >= 15 is 0 Å². The van der Waals surface area contributed by atoms with Gasteiger partial charge in [-0.25, -0.2) is 4.98 Å². The van der Waals surface area contributed by atoms with Crippen molar-refractivity contribution < 1.29 is 0 Å². The monoisotopic (exact) mass is 239 g/mol. The molecule has 0 saturated heterocycles. The van der Waals surface area contributed by atoms with E-state index in [1.807, 2.05) is 17.5 Å². The molecule has 2 rings (SSSR count). The Hall–Kier alpha value is -0.450. The molecule has 3 nitrogen and oxygen atoms in total. The molecule has 1 unspecified atom stereocenters. The SMILES string of the molecule is Cc1cnc(C(NCCN(C)C)C2CC2)s1. The number of hydrogen-bond donors (Lipinski definition) is 1. The highest BCUT2D eigenvalue weighted by Gasteiger charge is 2.33. The molecule has 0 amide bonds. The molecule has 1 saturated carbocycles. The molecule has 1 aliphatic carbocycles. The molecule has 1 N–H and O–H groups in total. The summed E-state index contributed by atoms with van der Waals surface area (Å²) in [5, 5.41) is 4.93. The van der Waals surface area contributed by atoms with Gasteiger partial charge in [-0.2, -0.15) is 0 Å². The Morgan fingerprint density at radius 3 is 2.81 bits per heavy atom. The van der Waals surface area contributed by atoms with Gasteiger partial charge in [0.25, 0.3) is 0 Å². The highest BCUT2D eigenvalue weighted by molar-refractivity contribution is 7.11. The van der Waals surface area contributed by atoms with E-state index in [1.165, 1.54) is 22.7 Å². The second kappa shape index (κ2) is 5.25. The Labute approximate surface area is 102 Å². The molecular formula is C12H21N3S. The number of likely N-dealkylation sites (N-methyl/N-ethyl adjacent to an activating group) is 1. The van der Waals surface area contributed by atoms with Crippen molar-refractivity contribution in [3.8, 4) is 0 Å². The molecule has 1 heterocycles. The predicted octanol–water partition coefficient (Wildman–Crippen LogP) is 2.05. The van der Waals surface area contributed by atoms with Crippen LogP contribution in [0, 0.1) is 12.8 Å². The first-order valence-electron chi connectivity index (χ1n) is 5.97. The zero-order valence-electron chi connectivity index (χ0n) is 10.4. The fraction of sp³-hybridized carbons (Fsp3) is 0.750. The van der Waals surface area contributed by atoms with Crippen molar-refractivity contribution in [3.05, 3.63) is 16.1 Å². The number of thiazole rings is 1. The lowest BCUT2D eigenvalue weighted by molar-refractivity contribution is 0.374. The summed E-state index contributed by atoms with van der Waals surface area (Å²) in [4.78, 5) is 8.04. The minimum absolute atomic E-state index is 0.499.